The summed E-state index contributed by atoms with van der Waals surface area (Å²) in [5.74, 6) is -6.15. The molecule has 0 bridgehead atoms. The molecule has 3 aromatic rings. The molecule has 198 valence electrons. The van der Waals surface area contributed by atoms with Gasteiger partial charge in [0.2, 0.25) is 5.82 Å². The van der Waals surface area contributed by atoms with Gasteiger partial charge < -0.3 is 14.2 Å². The topological polar surface area (TPSA) is 27.7 Å². The molecule has 1 aliphatic rings. The van der Waals surface area contributed by atoms with E-state index in [1.807, 2.05) is 0 Å². The summed E-state index contributed by atoms with van der Waals surface area (Å²) in [6.07, 6.45) is 0.145. The molecule has 3 aromatic carbocycles. The maximum atomic E-state index is 14.8. The van der Waals surface area contributed by atoms with Crippen LogP contribution in [0.5, 0.6) is 11.5 Å². The van der Waals surface area contributed by atoms with Crippen molar-refractivity contribution in [3.8, 4) is 22.6 Å². The molecule has 2 atom stereocenters. The molecule has 1 fully saturated rings. The highest BCUT2D eigenvalue weighted by atomic mass is 19.3. The van der Waals surface area contributed by atoms with E-state index in [0.717, 1.165) is 43.4 Å². The Morgan fingerprint density at radius 2 is 1.65 bits per heavy atom. The van der Waals surface area contributed by atoms with Crippen LogP contribution in [-0.2, 0) is 4.74 Å². The van der Waals surface area contributed by atoms with Gasteiger partial charge in [0.15, 0.2) is 29.8 Å². The third-order valence-corrected chi connectivity index (χ3v) is 6.26. The Balaban J connectivity index is 1.40. The third kappa shape index (κ3) is 6.57. The second-order valence-electron chi connectivity index (χ2n) is 9.02. The van der Waals surface area contributed by atoms with Gasteiger partial charge in [-0.05, 0) is 60.6 Å². The number of rotatable bonds is 9. The summed E-state index contributed by atoms with van der Waals surface area (Å²) in [6.45, 7) is 1.36. The average molecular weight is 525 g/mol. The standard InChI is InChI=1S/C28H26F6O3/c1-2-3-17-4-12-24(35-15-17)19-7-5-18(6-8-19)21-10-13-25(27(32)26(21)31)36-16-28(33,34)37-20-9-11-22(29)23(30)14-20/h5-11,13-14,17,24H,2-4,12,15-16H2,1H3. The highest BCUT2D eigenvalue weighted by molar-refractivity contribution is 5.65. The maximum absolute atomic E-state index is 14.8. The van der Waals surface area contributed by atoms with Crippen molar-refractivity contribution in [1.29, 1.82) is 0 Å². The van der Waals surface area contributed by atoms with Gasteiger partial charge in [0.05, 0.1) is 12.7 Å². The first-order valence-corrected chi connectivity index (χ1v) is 12.0. The number of hydrogen-bond donors (Lipinski definition) is 0. The van der Waals surface area contributed by atoms with E-state index in [1.54, 1.807) is 24.3 Å². The molecular weight excluding hydrogens is 498 g/mol. The zero-order valence-electron chi connectivity index (χ0n) is 20.1. The largest absolute Gasteiger partial charge is 0.480 e. The Morgan fingerprint density at radius 1 is 0.892 bits per heavy atom. The van der Waals surface area contributed by atoms with Gasteiger partial charge in [-0.2, -0.15) is 13.2 Å². The highest BCUT2D eigenvalue weighted by Crippen LogP contribution is 2.35. The second-order valence-corrected chi connectivity index (χ2v) is 9.02. The van der Waals surface area contributed by atoms with Crippen LogP contribution in [0.4, 0.5) is 26.3 Å². The molecule has 2 unspecified atom stereocenters. The van der Waals surface area contributed by atoms with Gasteiger partial charge in [-0.3, -0.25) is 0 Å². The third-order valence-electron chi connectivity index (χ3n) is 6.26. The van der Waals surface area contributed by atoms with E-state index in [-0.39, 0.29) is 11.7 Å². The van der Waals surface area contributed by atoms with Crippen LogP contribution in [0, 0.1) is 29.2 Å². The van der Waals surface area contributed by atoms with E-state index in [2.05, 4.69) is 11.7 Å². The monoisotopic (exact) mass is 524 g/mol. The minimum Gasteiger partial charge on any atom is -0.480 e. The summed E-state index contributed by atoms with van der Waals surface area (Å²) < 4.78 is 98.7. The van der Waals surface area contributed by atoms with Crippen LogP contribution in [0.2, 0.25) is 0 Å². The minimum atomic E-state index is -4.03. The number of benzene rings is 3. The average Bonchev–Trinajstić information content (AvgIpc) is 2.88. The van der Waals surface area contributed by atoms with Crippen LogP contribution >= 0.6 is 0 Å². The smallest absolute Gasteiger partial charge is 0.433 e. The maximum Gasteiger partial charge on any atom is 0.433 e. The van der Waals surface area contributed by atoms with E-state index < -0.39 is 47.5 Å². The Morgan fingerprint density at radius 3 is 2.30 bits per heavy atom. The minimum absolute atomic E-state index is 0.0465. The molecule has 0 N–H and O–H groups in total. The van der Waals surface area contributed by atoms with E-state index in [0.29, 0.717) is 30.2 Å². The van der Waals surface area contributed by atoms with Crippen LogP contribution in [0.1, 0.15) is 44.3 Å². The van der Waals surface area contributed by atoms with Crippen LogP contribution in [0.15, 0.2) is 54.6 Å². The fourth-order valence-electron chi connectivity index (χ4n) is 4.35. The van der Waals surface area contributed by atoms with Crippen molar-refractivity contribution < 1.29 is 40.6 Å². The molecule has 0 aliphatic carbocycles. The van der Waals surface area contributed by atoms with E-state index in [9.17, 15) is 26.3 Å². The molecule has 1 saturated heterocycles. The molecule has 0 aromatic heterocycles. The van der Waals surface area contributed by atoms with E-state index in [1.165, 1.54) is 6.07 Å². The van der Waals surface area contributed by atoms with E-state index >= 15 is 0 Å². The van der Waals surface area contributed by atoms with Crippen molar-refractivity contribution in [1.82, 2.24) is 0 Å². The summed E-state index contributed by atoms with van der Waals surface area (Å²) in [4.78, 5) is 0. The normalized spacial score (nSPS) is 18.0. The number of hydrogen-bond acceptors (Lipinski definition) is 3. The fourth-order valence-corrected chi connectivity index (χ4v) is 4.35. The first-order chi connectivity index (χ1) is 17.7. The van der Waals surface area contributed by atoms with Crippen LogP contribution < -0.4 is 9.47 Å². The number of halogens is 6. The Kier molecular flexibility index (Phi) is 8.32. The fraction of sp³-hybridized carbons (Fsp3) is 0.357. The summed E-state index contributed by atoms with van der Waals surface area (Å²) in [5, 5.41) is 0. The molecule has 4 rings (SSSR count). The van der Waals surface area contributed by atoms with Gasteiger partial charge in [0.1, 0.15) is 5.75 Å². The summed E-state index contributed by atoms with van der Waals surface area (Å²) in [7, 11) is 0. The lowest BCUT2D eigenvalue weighted by atomic mass is 9.91. The summed E-state index contributed by atoms with van der Waals surface area (Å²) in [5.41, 5.74) is 1.29. The predicted octanol–water partition coefficient (Wildman–Crippen LogP) is 8.23. The molecule has 1 aliphatic heterocycles. The molecule has 0 spiro atoms. The zero-order valence-corrected chi connectivity index (χ0v) is 20.1. The van der Waals surface area contributed by atoms with Gasteiger partial charge in [-0.15, -0.1) is 0 Å². The lowest BCUT2D eigenvalue weighted by Gasteiger charge is -2.29. The Bertz CT molecular complexity index is 1210. The molecule has 9 heteroatoms. The lowest BCUT2D eigenvalue weighted by Crippen LogP contribution is -2.32. The van der Waals surface area contributed by atoms with Crippen molar-refractivity contribution in [3.05, 3.63) is 83.4 Å². The van der Waals surface area contributed by atoms with E-state index in [4.69, 9.17) is 9.47 Å². The molecule has 3 nitrogen and oxygen atoms in total. The van der Waals surface area contributed by atoms with Gasteiger partial charge >= 0.3 is 6.11 Å². The molecule has 1 heterocycles. The lowest BCUT2D eigenvalue weighted by molar-refractivity contribution is -0.195. The number of alkyl halides is 2. The molecule has 0 radical (unpaired) electrons. The van der Waals surface area contributed by atoms with Gasteiger partial charge in [0.25, 0.3) is 0 Å². The van der Waals surface area contributed by atoms with Crippen LogP contribution in [-0.4, -0.2) is 19.3 Å². The Labute approximate surface area is 211 Å². The summed E-state index contributed by atoms with van der Waals surface area (Å²) >= 11 is 0. The van der Waals surface area contributed by atoms with Crippen molar-refractivity contribution in [2.24, 2.45) is 5.92 Å². The zero-order chi connectivity index (χ0) is 26.6. The molecule has 0 amide bonds. The SMILES string of the molecule is CCCC1CCC(c2ccc(-c3ccc(OCC(F)(F)Oc4ccc(F)c(F)c4)c(F)c3F)cc2)OC1. The van der Waals surface area contributed by atoms with Crippen molar-refractivity contribution >= 4 is 0 Å². The second kappa shape index (κ2) is 11.5. The molecule has 37 heavy (non-hydrogen) atoms. The Hall–Kier alpha value is -3.20. The quantitative estimate of drug-likeness (QED) is 0.264. The van der Waals surface area contributed by atoms with Crippen LogP contribution in [0.25, 0.3) is 11.1 Å². The van der Waals surface area contributed by atoms with Gasteiger partial charge in [-0.25, -0.2) is 13.2 Å². The van der Waals surface area contributed by atoms with Gasteiger partial charge in [0, 0.05) is 11.6 Å². The first-order valence-electron chi connectivity index (χ1n) is 12.0. The number of ether oxygens (including phenoxy) is 3. The van der Waals surface area contributed by atoms with Crippen molar-refractivity contribution in [2.75, 3.05) is 13.2 Å². The van der Waals surface area contributed by atoms with Crippen LogP contribution in [0.3, 0.4) is 0 Å². The predicted molar refractivity (Wildman–Crippen MR) is 126 cm³/mol. The summed E-state index contributed by atoms with van der Waals surface area (Å²) in [6, 6.07) is 11.0. The first kappa shape index (κ1) is 26.9. The van der Waals surface area contributed by atoms with Gasteiger partial charge in [-0.1, -0.05) is 37.6 Å². The molecule has 0 saturated carbocycles. The molecular formula is C28H26F6O3. The highest BCUT2D eigenvalue weighted by Gasteiger charge is 2.34. The van der Waals surface area contributed by atoms with Crippen molar-refractivity contribution in [3.63, 3.8) is 0 Å². The van der Waals surface area contributed by atoms with Crippen molar-refractivity contribution in [2.45, 2.75) is 44.8 Å².